The summed E-state index contributed by atoms with van der Waals surface area (Å²) in [6.07, 6.45) is 1.75. The molecule has 24 heavy (non-hydrogen) atoms. The molecule has 0 aliphatic heterocycles. The minimum absolute atomic E-state index is 0. The topological polar surface area (TPSA) is 87.8 Å². The van der Waals surface area contributed by atoms with Crippen molar-refractivity contribution in [1.29, 1.82) is 0 Å². The Balaban J connectivity index is 0.00000208. The fraction of sp³-hybridized carbons (Fsp3) is 0.222. The minimum atomic E-state index is 0. The first-order valence-electron chi connectivity index (χ1n) is 7.51. The second-order valence-electron chi connectivity index (χ2n) is 5.09. The summed E-state index contributed by atoms with van der Waals surface area (Å²) in [6.45, 7) is 4.49. The standard InChI is InChI=1S/C18H19N3O2.H2O/c1-4-23-17-11-15-16(9-10-19-18(15)20-12(17)2)21-13-5-7-14(22-3)8-6-13;/h5-11H,4H2,1-3H3,(H,19,20,21);1H2. The largest absolute Gasteiger partial charge is 0.497 e. The summed E-state index contributed by atoms with van der Waals surface area (Å²) in [5, 5.41) is 4.32. The van der Waals surface area contributed by atoms with E-state index in [0.717, 1.165) is 34.0 Å². The molecule has 2 heterocycles. The molecule has 126 valence electrons. The first-order chi connectivity index (χ1) is 11.2. The van der Waals surface area contributed by atoms with E-state index in [4.69, 9.17) is 9.47 Å². The molecule has 6 heteroatoms. The Morgan fingerprint density at radius 1 is 1.12 bits per heavy atom. The molecule has 0 fully saturated rings. The molecule has 2 aromatic heterocycles. The van der Waals surface area contributed by atoms with E-state index in [1.54, 1.807) is 13.3 Å². The van der Waals surface area contributed by atoms with Crippen LogP contribution in [0.4, 0.5) is 11.4 Å². The van der Waals surface area contributed by atoms with Crippen LogP contribution in [-0.4, -0.2) is 29.2 Å². The van der Waals surface area contributed by atoms with Gasteiger partial charge in [0.15, 0.2) is 5.65 Å². The van der Waals surface area contributed by atoms with Crippen molar-refractivity contribution < 1.29 is 14.9 Å². The Bertz CT molecular complexity index is 820. The molecule has 0 amide bonds. The van der Waals surface area contributed by atoms with Crippen molar-refractivity contribution in [2.24, 2.45) is 0 Å². The molecule has 3 rings (SSSR count). The van der Waals surface area contributed by atoms with E-state index in [1.807, 2.05) is 50.2 Å². The molecule has 0 saturated carbocycles. The number of ether oxygens (including phenoxy) is 2. The van der Waals surface area contributed by atoms with Crippen molar-refractivity contribution in [3.8, 4) is 11.5 Å². The zero-order chi connectivity index (χ0) is 16.2. The van der Waals surface area contributed by atoms with Crippen LogP contribution in [-0.2, 0) is 0 Å². The summed E-state index contributed by atoms with van der Waals surface area (Å²) >= 11 is 0. The number of hydrogen-bond donors (Lipinski definition) is 1. The monoisotopic (exact) mass is 327 g/mol. The van der Waals surface area contributed by atoms with E-state index < -0.39 is 0 Å². The zero-order valence-electron chi connectivity index (χ0n) is 14.0. The number of nitrogens with zero attached hydrogens (tertiary/aromatic N) is 2. The summed E-state index contributed by atoms with van der Waals surface area (Å²) < 4.78 is 10.8. The summed E-state index contributed by atoms with van der Waals surface area (Å²) in [5.41, 5.74) is 3.45. The van der Waals surface area contributed by atoms with Crippen LogP contribution in [0.25, 0.3) is 11.0 Å². The van der Waals surface area contributed by atoms with E-state index in [-0.39, 0.29) is 5.48 Å². The number of rotatable bonds is 5. The summed E-state index contributed by atoms with van der Waals surface area (Å²) in [7, 11) is 1.65. The van der Waals surface area contributed by atoms with Gasteiger partial charge in [-0.15, -0.1) is 0 Å². The quantitative estimate of drug-likeness (QED) is 0.777. The molecule has 0 radical (unpaired) electrons. The Morgan fingerprint density at radius 2 is 1.88 bits per heavy atom. The van der Waals surface area contributed by atoms with Crippen molar-refractivity contribution >= 4 is 22.4 Å². The third-order valence-electron chi connectivity index (χ3n) is 3.54. The number of pyridine rings is 2. The predicted molar refractivity (Wildman–Crippen MR) is 95.3 cm³/mol. The van der Waals surface area contributed by atoms with Gasteiger partial charge in [-0.25, -0.2) is 9.97 Å². The van der Waals surface area contributed by atoms with Gasteiger partial charge in [0.2, 0.25) is 0 Å². The smallest absolute Gasteiger partial charge is 0.161 e. The highest BCUT2D eigenvalue weighted by Crippen LogP contribution is 2.29. The Hall–Kier alpha value is -2.86. The molecule has 6 nitrogen and oxygen atoms in total. The molecular formula is C18H21N3O3. The first kappa shape index (κ1) is 17.5. The predicted octanol–water partition coefficient (Wildman–Crippen LogP) is 3.26. The second-order valence-corrected chi connectivity index (χ2v) is 5.09. The van der Waals surface area contributed by atoms with Crippen LogP contribution in [0.5, 0.6) is 11.5 Å². The summed E-state index contributed by atoms with van der Waals surface area (Å²) in [6, 6.07) is 11.7. The van der Waals surface area contributed by atoms with E-state index in [9.17, 15) is 0 Å². The highest BCUT2D eigenvalue weighted by Gasteiger charge is 2.09. The van der Waals surface area contributed by atoms with Crippen LogP contribution in [0.15, 0.2) is 42.6 Å². The van der Waals surface area contributed by atoms with Gasteiger partial charge in [0, 0.05) is 17.3 Å². The second kappa shape index (κ2) is 7.61. The van der Waals surface area contributed by atoms with Crippen LogP contribution >= 0.6 is 0 Å². The van der Waals surface area contributed by atoms with Gasteiger partial charge >= 0.3 is 0 Å². The van der Waals surface area contributed by atoms with Crippen LogP contribution in [0.3, 0.4) is 0 Å². The fourth-order valence-electron chi connectivity index (χ4n) is 2.38. The van der Waals surface area contributed by atoms with Crippen LogP contribution in [0.1, 0.15) is 12.6 Å². The van der Waals surface area contributed by atoms with Crippen LogP contribution < -0.4 is 14.8 Å². The molecule has 0 unspecified atom stereocenters. The number of methoxy groups -OCH3 is 1. The maximum Gasteiger partial charge on any atom is 0.161 e. The lowest BCUT2D eigenvalue weighted by Gasteiger charge is -2.12. The summed E-state index contributed by atoms with van der Waals surface area (Å²) in [5.74, 6) is 1.61. The molecular weight excluding hydrogens is 306 g/mol. The van der Waals surface area contributed by atoms with E-state index >= 15 is 0 Å². The molecule has 0 bridgehead atoms. The lowest BCUT2D eigenvalue weighted by molar-refractivity contribution is 0.337. The van der Waals surface area contributed by atoms with Gasteiger partial charge in [-0.3, -0.25) is 0 Å². The lowest BCUT2D eigenvalue weighted by atomic mass is 10.2. The maximum absolute atomic E-state index is 5.65. The first-order valence-corrected chi connectivity index (χ1v) is 7.51. The SMILES string of the molecule is CCOc1cc2c(Nc3ccc(OC)cc3)ccnc2nc1C.O. The average Bonchev–Trinajstić information content (AvgIpc) is 2.57. The Kier molecular flexibility index (Phi) is 5.55. The number of fused-ring (bicyclic) bond motifs is 1. The van der Waals surface area contributed by atoms with E-state index in [1.165, 1.54) is 0 Å². The number of hydrogen-bond acceptors (Lipinski definition) is 5. The van der Waals surface area contributed by atoms with Gasteiger partial charge < -0.3 is 20.3 Å². The lowest BCUT2D eigenvalue weighted by Crippen LogP contribution is -1.99. The molecule has 0 aliphatic rings. The molecule has 3 aromatic rings. The normalized spacial score (nSPS) is 10.1. The van der Waals surface area contributed by atoms with Gasteiger partial charge in [0.05, 0.1) is 25.1 Å². The van der Waals surface area contributed by atoms with E-state index in [0.29, 0.717) is 12.3 Å². The van der Waals surface area contributed by atoms with Crippen LogP contribution in [0.2, 0.25) is 0 Å². The number of benzene rings is 1. The van der Waals surface area contributed by atoms with Gasteiger partial charge in [-0.2, -0.15) is 0 Å². The third kappa shape index (κ3) is 3.55. The number of anilines is 2. The van der Waals surface area contributed by atoms with E-state index in [2.05, 4.69) is 15.3 Å². The number of nitrogens with one attached hydrogen (secondary N) is 1. The number of aryl methyl sites for hydroxylation is 1. The Morgan fingerprint density at radius 3 is 2.54 bits per heavy atom. The fourth-order valence-corrected chi connectivity index (χ4v) is 2.38. The maximum atomic E-state index is 5.65. The van der Waals surface area contributed by atoms with Gasteiger partial charge in [0.1, 0.15) is 11.5 Å². The molecule has 0 saturated heterocycles. The zero-order valence-corrected chi connectivity index (χ0v) is 14.0. The molecule has 0 atom stereocenters. The molecule has 0 spiro atoms. The Labute approximate surface area is 140 Å². The molecule has 3 N–H and O–H groups in total. The minimum Gasteiger partial charge on any atom is -0.497 e. The van der Waals surface area contributed by atoms with Gasteiger partial charge in [-0.05, 0) is 50.2 Å². The van der Waals surface area contributed by atoms with Crippen molar-refractivity contribution in [2.75, 3.05) is 19.0 Å². The van der Waals surface area contributed by atoms with Gasteiger partial charge in [0.25, 0.3) is 0 Å². The third-order valence-corrected chi connectivity index (χ3v) is 3.54. The molecule has 1 aromatic carbocycles. The molecule has 0 aliphatic carbocycles. The van der Waals surface area contributed by atoms with Crippen molar-refractivity contribution in [3.05, 3.63) is 48.3 Å². The summed E-state index contributed by atoms with van der Waals surface area (Å²) in [4.78, 5) is 8.87. The van der Waals surface area contributed by atoms with Crippen molar-refractivity contribution in [2.45, 2.75) is 13.8 Å². The van der Waals surface area contributed by atoms with Crippen molar-refractivity contribution in [3.63, 3.8) is 0 Å². The number of aromatic nitrogens is 2. The highest BCUT2D eigenvalue weighted by molar-refractivity contribution is 5.91. The van der Waals surface area contributed by atoms with Crippen LogP contribution in [0, 0.1) is 6.92 Å². The van der Waals surface area contributed by atoms with Crippen molar-refractivity contribution in [1.82, 2.24) is 9.97 Å². The highest BCUT2D eigenvalue weighted by atomic mass is 16.5. The van der Waals surface area contributed by atoms with Gasteiger partial charge in [-0.1, -0.05) is 0 Å². The average molecular weight is 327 g/mol.